The first-order chi connectivity index (χ1) is 4.22. The van der Waals surface area contributed by atoms with Crippen molar-refractivity contribution in [3.63, 3.8) is 0 Å². The zero-order valence-electron chi connectivity index (χ0n) is 5.13. The van der Waals surface area contributed by atoms with Gasteiger partial charge < -0.3 is 0 Å². The van der Waals surface area contributed by atoms with Crippen LogP contribution in [0.5, 0.6) is 0 Å². The summed E-state index contributed by atoms with van der Waals surface area (Å²) in [7, 11) is 1.62. The van der Waals surface area contributed by atoms with Crippen molar-refractivity contribution >= 4 is 21.8 Å². The van der Waals surface area contributed by atoms with Crippen LogP contribution in [-0.2, 0) is 9.63 Å². The van der Waals surface area contributed by atoms with Gasteiger partial charge in [0.15, 0.2) is 0 Å². The molecule has 1 atom stereocenters. The first-order valence-corrected chi connectivity index (χ1v) is 3.68. The quantitative estimate of drug-likeness (QED) is 0.527. The Morgan fingerprint density at radius 2 is 2.56 bits per heavy atom. The molecule has 0 aliphatic carbocycles. The van der Waals surface area contributed by atoms with Crippen molar-refractivity contribution in [1.82, 2.24) is 5.06 Å². The molecule has 0 saturated carbocycles. The molecule has 0 radical (unpaired) electrons. The van der Waals surface area contributed by atoms with Crippen molar-refractivity contribution in [3.8, 4) is 0 Å². The summed E-state index contributed by atoms with van der Waals surface area (Å²) in [6, 6.07) is 0. The van der Waals surface area contributed by atoms with Gasteiger partial charge in [-0.05, 0) is 6.42 Å². The van der Waals surface area contributed by atoms with Crippen LogP contribution >= 0.6 is 15.9 Å². The molecule has 1 rings (SSSR count). The molecule has 1 amide bonds. The van der Waals surface area contributed by atoms with E-state index in [2.05, 4.69) is 15.9 Å². The lowest BCUT2D eigenvalue weighted by molar-refractivity contribution is -0.187. The van der Waals surface area contributed by atoms with Gasteiger partial charge in [0, 0.05) is 7.05 Å². The average molecular weight is 194 g/mol. The second-order valence-corrected chi connectivity index (χ2v) is 3.03. The number of carbonyl (C=O) groups excluding carboxylic acids is 1. The van der Waals surface area contributed by atoms with E-state index in [9.17, 15) is 4.79 Å². The van der Waals surface area contributed by atoms with Gasteiger partial charge in [0.05, 0.1) is 11.4 Å². The summed E-state index contributed by atoms with van der Waals surface area (Å²) in [6.07, 6.45) is 0.767. The summed E-state index contributed by atoms with van der Waals surface area (Å²) in [5, 5.41) is 1.27. The normalized spacial score (nSPS) is 28.9. The molecule has 9 heavy (non-hydrogen) atoms. The Morgan fingerprint density at radius 1 is 1.89 bits per heavy atom. The van der Waals surface area contributed by atoms with Crippen molar-refractivity contribution < 1.29 is 9.63 Å². The summed E-state index contributed by atoms with van der Waals surface area (Å²) in [5.41, 5.74) is 0. The predicted octanol–water partition coefficient (Wildman–Crippen LogP) is 0.544. The third kappa shape index (κ3) is 1.43. The molecular weight excluding hydrogens is 186 g/mol. The van der Waals surface area contributed by atoms with E-state index in [0.29, 0.717) is 6.61 Å². The van der Waals surface area contributed by atoms with Gasteiger partial charge >= 0.3 is 0 Å². The van der Waals surface area contributed by atoms with Crippen LogP contribution in [0.3, 0.4) is 0 Å². The molecule has 1 heterocycles. The number of nitrogens with zero attached hydrogens (tertiary/aromatic N) is 1. The molecular formula is C5H8BrNO2. The summed E-state index contributed by atoms with van der Waals surface area (Å²) >= 11 is 3.22. The van der Waals surface area contributed by atoms with Crippen LogP contribution in [0.1, 0.15) is 6.42 Å². The topological polar surface area (TPSA) is 29.5 Å². The fourth-order valence-corrected chi connectivity index (χ4v) is 1.15. The highest BCUT2D eigenvalue weighted by Gasteiger charge is 2.24. The zero-order valence-corrected chi connectivity index (χ0v) is 6.72. The first kappa shape index (κ1) is 7.02. The molecule has 0 bridgehead atoms. The second-order valence-electron chi connectivity index (χ2n) is 1.93. The maximum atomic E-state index is 10.9. The minimum Gasteiger partial charge on any atom is -0.271 e. The Bertz CT molecular complexity index is 116. The maximum Gasteiger partial charge on any atom is 0.259 e. The maximum absolute atomic E-state index is 10.9. The smallest absolute Gasteiger partial charge is 0.259 e. The number of hydroxylamine groups is 2. The van der Waals surface area contributed by atoms with Crippen molar-refractivity contribution in [3.05, 3.63) is 0 Å². The molecule has 0 aromatic heterocycles. The number of halogens is 1. The fraction of sp³-hybridized carbons (Fsp3) is 0.800. The van der Waals surface area contributed by atoms with Crippen LogP contribution in [0.25, 0.3) is 0 Å². The third-order valence-electron chi connectivity index (χ3n) is 1.23. The monoisotopic (exact) mass is 193 g/mol. The average Bonchev–Trinajstić information content (AvgIpc) is 1.83. The molecule has 3 nitrogen and oxygen atoms in total. The Labute approximate surface area is 62.0 Å². The van der Waals surface area contributed by atoms with Gasteiger partial charge in [-0.2, -0.15) is 0 Å². The van der Waals surface area contributed by atoms with E-state index in [1.165, 1.54) is 5.06 Å². The van der Waals surface area contributed by atoms with Crippen LogP contribution in [0.4, 0.5) is 0 Å². The molecule has 1 saturated heterocycles. The predicted molar refractivity (Wildman–Crippen MR) is 36.1 cm³/mol. The van der Waals surface area contributed by atoms with Crippen LogP contribution in [0.2, 0.25) is 0 Å². The Hall–Kier alpha value is -0.0900. The highest BCUT2D eigenvalue weighted by Crippen LogP contribution is 2.13. The standard InChI is InChI=1S/C5H8BrNO2/c1-7-5(8)4(6)2-3-9-7/h4H,2-3H2,1H3. The number of amides is 1. The highest BCUT2D eigenvalue weighted by atomic mass is 79.9. The van der Waals surface area contributed by atoms with Gasteiger partial charge in [0.1, 0.15) is 0 Å². The molecule has 1 fully saturated rings. The lowest BCUT2D eigenvalue weighted by Gasteiger charge is -2.24. The lowest BCUT2D eigenvalue weighted by atomic mass is 10.3. The Morgan fingerprint density at radius 3 is 3.00 bits per heavy atom. The van der Waals surface area contributed by atoms with Gasteiger partial charge in [-0.25, -0.2) is 5.06 Å². The lowest BCUT2D eigenvalue weighted by Crippen LogP contribution is -2.39. The van der Waals surface area contributed by atoms with E-state index in [1.54, 1.807) is 7.05 Å². The molecule has 0 N–H and O–H groups in total. The minimum absolute atomic E-state index is 0.00116. The van der Waals surface area contributed by atoms with Gasteiger partial charge in [-0.1, -0.05) is 15.9 Å². The van der Waals surface area contributed by atoms with E-state index in [0.717, 1.165) is 6.42 Å². The minimum atomic E-state index is -0.0451. The number of alkyl halides is 1. The second kappa shape index (κ2) is 2.66. The van der Waals surface area contributed by atoms with Gasteiger partial charge in [0.25, 0.3) is 5.91 Å². The van der Waals surface area contributed by atoms with Crippen LogP contribution in [0, 0.1) is 0 Å². The van der Waals surface area contributed by atoms with Crippen LogP contribution < -0.4 is 0 Å². The SMILES string of the molecule is CN1OCCC(Br)C1=O. The van der Waals surface area contributed by atoms with Crippen molar-refractivity contribution in [1.29, 1.82) is 0 Å². The molecule has 0 spiro atoms. The zero-order chi connectivity index (χ0) is 6.85. The van der Waals surface area contributed by atoms with Gasteiger partial charge in [-0.15, -0.1) is 0 Å². The van der Waals surface area contributed by atoms with E-state index in [-0.39, 0.29) is 10.7 Å². The molecule has 1 aliphatic rings. The molecule has 0 aromatic carbocycles. The van der Waals surface area contributed by atoms with E-state index in [4.69, 9.17) is 4.84 Å². The van der Waals surface area contributed by atoms with Gasteiger partial charge in [-0.3, -0.25) is 9.63 Å². The van der Waals surface area contributed by atoms with E-state index < -0.39 is 0 Å². The molecule has 0 aromatic rings. The highest BCUT2D eigenvalue weighted by molar-refractivity contribution is 9.10. The molecule has 1 unspecified atom stereocenters. The number of hydrogen-bond acceptors (Lipinski definition) is 2. The largest absolute Gasteiger partial charge is 0.271 e. The van der Waals surface area contributed by atoms with E-state index >= 15 is 0 Å². The number of hydrogen-bond donors (Lipinski definition) is 0. The number of carbonyl (C=O) groups is 1. The summed E-state index contributed by atoms with van der Waals surface area (Å²) in [4.78, 5) is 15.7. The Balaban J connectivity index is 2.52. The fourth-order valence-electron chi connectivity index (χ4n) is 0.677. The molecule has 4 heteroatoms. The third-order valence-corrected chi connectivity index (χ3v) is 2.08. The summed E-state index contributed by atoms with van der Waals surface area (Å²) in [5.74, 6) is 0.00116. The molecule has 52 valence electrons. The summed E-state index contributed by atoms with van der Waals surface area (Å²) in [6.45, 7) is 0.623. The van der Waals surface area contributed by atoms with Crippen molar-refractivity contribution in [2.24, 2.45) is 0 Å². The molecule has 1 aliphatic heterocycles. The first-order valence-electron chi connectivity index (χ1n) is 2.76. The van der Waals surface area contributed by atoms with Crippen LogP contribution in [0.15, 0.2) is 0 Å². The number of rotatable bonds is 0. The van der Waals surface area contributed by atoms with E-state index in [1.807, 2.05) is 0 Å². The van der Waals surface area contributed by atoms with Gasteiger partial charge in [0.2, 0.25) is 0 Å². The van der Waals surface area contributed by atoms with Crippen molar-refractivity contribution in [2.75, 3.05) is 13.7 Å². The van der Waals surface area contributed by atoms with Crippen molar-refractivity contribution in [2.45, 2.75) is 11.2 Å². The van der Waals surface area contributed by atoms with Crippen LogP contribution in [-0.4, -0.2) is 29.5 Å². The Kier molecular flexibility index (Phi) is 2.08. The summed E-state index contributed by atoms with van der Waals surface area (Å²) < 4.78 is 0.